The fourth-order valence-electron chi connectivity index (χ4n) is 3.28. The molecule has 6 heteroatoms. The fourth-order valence-corrected chi connectivity index (χ4v) is 3.28. The predicted molar refractivity (Wildman–Crippen MR) is 116 cm³/mol. The van der Waals surface area contributed by atoms with Gasteiger partial charge in [0.15, 0.2) is 0 Å². The van der Waals surface area contributed by atoms with Crippen LogP contribution in [0.5, 0.6) is 0 Å². The molecule has 0 saturated carbocycles. The molecule has 1 fully saturated rings. The van der Waals surface area contributed by atoms with Crippen molar-refractivity contribution >= 4 is 28.7 Å². The second kappa shape index (κ2) is 8.75. The monoisotopic (exact) mass is 388 g/mol. The minimum absolute atomic E-state index is 0.238. The number of pyridine rings is 1. The third-order valence-corrected chi connectivity index (χ3v) is 4.84. The molecule has 0 bridgehead atoms. The lowest BCUT2D eigenvalue weighted by Gasteiger charge is -2.30. The molecule has 2 N–H and O–H groups in total. The van der Waals surface area contributed by atoms with E-state index in [2.05, 4.69) is 20.5 Å². The summed E-state index contributed by atoms with van der Waals surface area (Å²) < 4.78 is 5.43. The largest absolute Gasteiger partial charge is 0.378 e. The third kappa shape index (κ3) is 4.73. The Morgan fingerprint density at radius 1 is 1.00 bits per heavy atom. The summed E-state index contributed by atoms with van der Waals surface area (Å²) in [7, 11) is 0. The smallest absolute Gasteiger partial charge is 0.274 e. The van der Waals surface area contributed by atoms with Crippen LogP contribution in [0, 0.1) is 6.92 Å². The molecule has 3 aromatic rings. The number of nitrogens with zero attached hydrogens (tertiary/aromatic N) is 2. The number of amides is 1. The number of ether oxygens (including phenoxy) is 1. The Morgan fingerprint density at radius 2 is 1.76 bits per heavy atom. The normalized spacial score (nSPS) is 13.8. The van der Waals surface area contributed by atoms with Crippen LogP contribution >= 0.6 is 0 Å². The number of morpholine rings is 1. The van der Waals surface area contributed by atoms with E-state index >= 15 is 0 Å². The van der Waals surface area contributed by atoms with Crippen LogP contribution in [-0.2, 0) is 4.74 Å². The summed E-state index contributed by atoms with van der Waals surface area (Å²) in [6.07, 6.45) is 1.64. The van der Waals surface area contributed by atoms with E-state index in [-0.39, 0.29) is 5.91 Å². The molecule has 2 aromatic carbocycles. The lowest BCUT2D eigenvalue weighted by atomic mass is 10.2. The molecule has 1 saturated heterocycles. The number of carbonyl (C=O) groups is 1. The van der Waals surface area contributed by atoms with E-state index in [0.717, 1.165) is 35.8 Å². The van der Waals surface area contributed by atoms with E-state index in [9.17, 15) is 4.79 Å². The number of nitrogens with one attached hydrogen (secondary N) is 2. The van der Waals surface area contributed by atoms with Crippen molar-refractivity contribution in [2.45, 2.75) is 6.92 Å². The van der Waals surface area contributed by atoms with Crippen molar-refractivity contribution in [1.82, 2.24) is 4.98 Å². The molecule has 6 nitrogen and oxygen atoms in total. The first kappa shape index (κ1) is 19.0. The summed E-state index contributed by atoms with van der Waals surface area (Å²) in [5.74, 6) is -0.238. The first-order valence-corrected chi connectivity index (χ1v) is 9.72. The second-order valence-corrected chi connectivity index (χ2v) is 6.99. The number of para-hydroxylation sites is 2. The highest BCUT2D eigenvalue weighted by Crippen LogP contribution is 2.27. The SMILES string of the molecule is Cc1ccc(Nc2ccnc(C(=O)Nc3ccccc3N3CCOCC3)c2)cc1. The number of anilines is 4. The molecule has 1 amide bonds. The van der Waals surface area contributed by atoms with Crippen molar-refractivity contribution in [1.29, 1.82) is 0 Å². The second-order valence-electron chi connectivity index (χ2n) is 6.99. The molecule has 0 unspecified atom stereocenters. The third-order valence-electron chi connectivity index (χ3n) is 4.84. The maximum atomic E-state index is 12.9. The highest BCUT2D eigenvalue weighted by molar-refractivity contribution is 6.05. The van der Waals surface area contributed by atoms with Crippen LogP contribution < -0.4 is 15.5 Å². The van der Waals surface area contributed by atoms with Gasteiger partial charge in [0.2, 0.25) is 0 Å². The topological polar surface area (TPSA) is 66.5 Å². The molecular weight excluding hydrogens is 364 g/mol. The number of carbonyl (C=O) groups excluding carboxylic acids is 1. The fraction of sp³-hybridized carbons (Fsp3) is 0.217. The summed E-state index contributed by atoms with van der Waals surface area (Å²) in [6, 6.07) is 19.5. The summed E-state index contributed by atoms with van der Waals surface area (Å²) in [5, 5.41) is 6.32. The summed E-state index contributed by atoms with van der Waals surface area (Å²) in [4.78, 5) is 19.3. The molecule has 148 valence electrons. The van der Waals surface area contributed by atoms with Gasteiger partial charge in [0, 0.05) is 30.7 Å². The summed E-state index contributed by atoms with van der Waals surface area (Å²) >= 11 is 0. The van der Waals surface area contributed by atoms with Gasteiger partial charge >= 0.3 is 0 Å². The van der Waals surface area contributed by atoms with Crippen molar-refractivity contribution < 1.29 is 9.53 Å². The molecule has 0 atom stereocenters. The van der Waals surface area contributed by atoms with Gasteiger partial charge in [0.05, 0.1) is 24.6 Å². The van der Waals surface area contributed by atoms with Crippen molar-refractivity contribution in [2.75, 3.05) is 41.8 Å². The lowest BCUT2D eigenvalue weighted by Crippen LogP contribution is -2.36. The van der Waals surface area contributed by atoms with E-state index in [4.69, 9.17) is 4.74 Å². The first-order chi connectivity index (χ1) is 14.2. The Hall–Kier alpha value is -3.38. The molecule has 0 aliphatic carbocycles. The van der Waals surface area contributed by atoms with Gasteiger partial charge in [-0.2, -0.15) is 0 Å². The highest BCUT2D eigenvalue weighted by Gasteiger charge is 2.17. The Labute approximate surface area is 170 Å². The number of hydrogen-bond acceptors (Lipinski definition) is 5. The van der Waals surface area contributed by atoms with Crippen molar-refractivity contribution in [2.24, 2.45) is 0 Å². The number of rotatable bonds is 5. The molecule has 1 aliphatic rings. The van der Waals surface area contributed by atoms with Crippen molar-refractivity contribution in [3.8, 4) is 0 Å². The van der Waals surface area contributed by atoms with Crippen molar-refractivity contribution in [3.63, 3.8) is 0 Å². The zero-order valence-electron chi connectivity index (χ0n) is 16.4. The van der Waals surface area contributed by atoms with Crippen LogP contribution in [0.25, 0.3) is 0 Å². The van der Waals surface area contributed by atoms with Crippen LogP contribution in [0.2, 0.25) is 0 Å². The molecule has 1 aliphatic heterocycles. The summed E-state index contributed by atoms with van der Waals surface area (Å²) in [6.45, 7) is 5.04. The van der Waals surface area contributed by atoms with E-state index in [1.54, 1.807) is 12.3 Å². The average Bonchev–Trinajstić information content (AvgIpc) is 2.76. The molecule has 4 rings (SSSR count). The number of aromatic nitrogens is 1. The molecule has 1 aromatic heterocycles. The van der Waals surface area contributed by atoms with Crippen LogP contribution in [0.15, 0.2) is 66.9 Å². The number of aryl methyl sites for hydroxylation is 1. The predicted octanol–water partition coefficient (Wildman–Crippen LogP) is 4.22. The van der Waals surface area contributed by atoms with E-state index in [1.165, 1.54) is 5.56 Å². The Kier molecular flexibility index (Phi) is 5.72. The standard InChI is InChI=1S/C23H24N4O2/c1-17-6-8-18(9-7-17)25-19-10-11-24-21(16-19)23(28)26-20-4-2-3-5-22(20)27-12-14-29-15-13-27/h2-11,16H,12-15H2,1H3,(H,24,25)(H,26,28). The summed E-state index contributed by atoms with van der Waals surface area (Å²) in [5.41, 5.74) is 5.11. The average molecular weight is 388 g/mol. The minimum Gasteiger partial charge on any atom is -0.378 e. The van der Waals surface area contributed by atoms with Gasteiger partial charge in [-0.15, -0.1) is 0 Å². The maximum absolute atomic E-state index is 12.9. The molecule has 0 spiro atoms. The zero-order valence-corrected chi connectivity index (χ0v) is 16.4. The highest BCUT2D eigenvalue weighted by atomic mass is 16.5. The van der Waals surface area contributed by atoms with E-state index in [1.807, 2.05) is 61.5 Å². The van der Waals surface area contributed by atoms with Crippen molar-refractivity contribution in [3.05, 3.63) is 78.1 Å². The van der Waals surface area contributed by atoms with Gasteiger partial charge in [-0.1, -0.05) is 29.8 Å². The first-order valence-electron chi connectivity index (χ1n) is 9.72. The van der Waals surface area contributed by atoms with Gasteiger partial charge in [0.25, 0.3) is 5.91 Å². The Bertz CT molecular complexity index is 982. The van der Waals surface area contributed by atoms with E-state index in [0.29, 0.717) is 18.9 Å². The number of benzene rings is 2. The molecule has 29 heavy (non-hydrogen) atoms. The van der Waals surface area contributed by atoms with Gasteiger partial charge in [-0.05, 0) is 43.3 Å². The Morgan fingerprint density at radius 3 is 2.55 bits per heavy atom. The minimum atomic E-state index is -0.238. The molecule has 2 heterocycles. The molecular formula is C23H24N4O2. The van der Waals surface area contributed by atoms with Gasteiger partial charge in [-0.25, -0.2) is 0 Å². The van der Waals surface area contributed by atoms with Crippen LogP contribution in [0.1, 0.15) is 16.1 Å². The number of hydrogen-bond donors (Lipinski definition) is 2. The lowest BCUT2D eigenvalue weighted by molar-refractivity contribution is 0.102. The van der Waals surface area contributed by atoms with E-state index < -0.39 is 0 Å². The van der Waals surface area contributed by atoms with Gasteiger partial charge in [0.1, 0.15) is 5.69 Å². The van der Waals surface area contributed by atoms with Crippen LogP contribution in [0.3, 0.4) is 0 Å². The van der Waals surface area contributed by atoms with Gasteiger partial charge < -0.3 is 20.3 Å². The Balaban J connectivity index is 1.50. The zero-order chi connectivity index (χ0) is 20.1. The molecule has 0 radical (unpaired) electrons. The van der Waals surface area contributed by atoms with Gasteiger partial charge in [-0.3, -0.25) is 9.78 Å². The van der Waals surface area contributed by atoms with Crippen LogP contribution in [0.4, 0.5) is 22.7 Å². The quantitative estimate of drug-likeness (QED) is 0.685. The maximum Gasteiger partial charge on any atom is 0.274 e. The van der Waals surface area contributed by atoms with Crippen LogP contribution in [-0.4, -0.2) is 37.2 Å².